The molecule has 0 bridgehead atoms. The first-order valence-electron chi connectivity index (χ1n) is 6.11. The third-order valence-electron chi connectivity index (χ3n) is 2.97. The summed E-state index contributed by atoms with van der Waals surface area (Å²) in [6.07, 6.45) is 3.47. The van der Waals surface area contributed by atoms with Gasteiger partial charge in [0.25, 0.3) is 0 Å². The number of hydrogen-bond acceptors (Lipinski definition) is 4. The predicted octanol–water partition coefficient (Wildman–Crippen LogP) is 3.01. The highest BCUT2D eigenvalue weighted by Gasteiger charge is 2.08. The summed E-state index contributed by atoms with van der Waals surface area (Å²) in [5, 5.41) is 4.30. The molecular formula is C15H12N4S. The number of anilines is 2. The molecule has 0 amide bonds. The lowest BCUT2D eigenvalue weighted by Crippen LogP contribution is -2.12. The van der Waals surface area contributed by atoms with E-state index in [2.05, 4.69) is 15.3 Å². The van der Waals surface area contributed by atoms with Crippen LogP contribution in [-0.2, 0) is 0 Å². The molecule has 5 heteroatoms. The summed E-state index contributed by atoms with van der Waals surface area (Å²) in [7, 11) is 0. The SMILES string of the molecule is NC(=S)c1cccnc1Nc1cccc2ncccc12. The Morgan fingerprint density at radius 1 is 1.00 bits per heavy atom. The molecule has 0 spiro atoms. The van der Waals surface area contributed by atoms with E-state index in [0.717, 1.165) is 22.2 Å². The van der Waals surface area contributed by atoms with Crippen molar-refractivity contribution in [3.05, 3.63) is 60.4 Å². The van der Waals surface area contributed by atoms with E-state index >= 15 is 0 Å². The number of nitrogens with one attached hydrogen (secondary N) is 1. The number of benzene rings is 1. The topological polar surface area (TPSA) is 63.8 Å². The molecule has 0 radical (unpaired) electrons. The maximum absolute atomic E-state index is 5.72. The van der Waals surface area contributed by atoms with Gasteiger partial charge >= 0.3 is 0 Å². The van der Waals surface area contributed by atoms with Crippen molar-refractivity contribution in [3.8, 4) is 0 Å². The van der Waals surface area contributed by atoms with Crippen molar-refractivity contribution in [3.63, 3.8) is 0 Å². The Morgan fingerprint density at radius 2 is 1.80 bits per heavy atom. The minimum Gasteiger partial charge on any atom is -0.389 e. The smallest absolute Gasteiger partial charge is 0.140 e. The van der Waals surface area contributed by atoms with Gasteiger partial charge in [-0.3, -0.25) is 4.98 Å². The zero-order chi connectivity index (χ0) is 13.9. The fourth-order valence-corrected chi connectivity index (χ4v) is 2.21. The first-order valence-corrected chi connectivity index (χ1v) is 6.52. The Hall–Kier alpha value is -2.53. The van der Waals surface area contributed by atoms with Crippen LogP contribution in [0.25, 0.3) is 10.9 Å². The van der Waals surface area contributed by atoms with Gasteiger partial charge in [0.05, 0.1) is 11.1 Å². The molecule has 2 heterocycles. The fraction of sp³-hybridized carbons (Fsp3) is 0. The van der Waals surface area contributed by atoms with Gasteiger partial charge in [-0.25, -0.2) is 4.98 Å². The summed E-state index contributed by atoms with van der Waals surface area (Å²) in [6.45, 7) is 0. The first kappa shape index (κ1) is 12.5. The van der Waals surface area contributed by atoms with Crippen LogP contribution in [0.2, 0.25) is 0 Å². The van der Waals surface area contributed by atoms with Crippen LogP contribution >= 0.6 is 12.2 Å². The first-order chi connectivity index (χ1) is 9.75. The summed E-state index contributed by atoms with van der Waals surface area (Å²) >= 11 is 5.05. The quantitative estimate of drug-likeness (QED) is 0.722. The van der Waals surface area contributed by atoms with Crippen molar-refractivity contribution in [1.82, 2.24) is 9.97 Å². The maximum Gasteiger partial charge on any atom is 0.140 e. The van der Waals surface area contributed by atoms with Crippen LogP contribution in [0.5, 0.6) is 0 Å². The van der Waals surface area contributed by atoms with Gasteiger partial charge in [0.1, 0.15) is 10.8 Å². The van der Waals surface area contributed by atoms with Crippen molar-refractivity contribution in [2.24, 2.45) is 5.73 Å². The van der Waals surface area contributed by atoms with Crippen molar-refractivity contribution in [2.45, 2.75) is 0 Å². The van der Waals surface area contributed by atoms with Gasteiger partial charge < -0.3 is 11.1 Å². The van der Waals surface area contributed by atoms with Gasteiger partial charge in [-0.15, -0.1) is 0 Å². The van der Waals surface area contributed by atoms with E-state index in [4.69, 9.17) is 18.0 Å². The highest BCUT2D eigenvalue weighted by Crippen LogP contribution is 2.25. The predicted molar refractivity (Wildman–Crippen MR) is 85.2 cm³/mol. The van der Waals surface area contributed by atoms with E-state index < -0.39 is 0 Å². The second-order valence-electron chi connectivity index (χ2n) is 4.26. The molecule has 0 aliphatic carbocycles. The number of nitrogens with two attached hydrogens (primary N) is 1. The molecule has 0 unspecified atom stereocenters. The molecule has 2 aromatic heterocycles. The van der Waals surface area contributed by atoms with E-state index in [1.165, 1.54) is 0 Å². The van der Waals surface area contributed by atoms with E-state index in [0.29, 0.717) is 10.8 Å². The largest absolute Gasteiger partial charge is 0.389 e. The standard InChI is InChI=1S/C15H12N4S/c16-14(20)11-5-3-9-18-15(11)19-13-7-1-6-12-10(13)4-2-8-17-12/h1-9H,(H2,16,20)(H,18,19). The molecule has 3 rings (SSSR count). The van der Waals surface area contributed by atoms with Crippen molar-refractivity contribution in [1.29, 1.82) is 0 Å². The van der Waals surface area contributed by atoms with E-state index in [-0.39, 0.29) is 0 Å². The Balaban J connectivity index is 2.08. The lowest BCUT2D eigenvalue weighted by atomic mass is 10.1. The summed E-state index contributed by atoms with van der Waals surface area (Å²) in [6, 6.07) is 13.5. The van der Waals surface area contributed by atoms with E-state index in [1.807, 2.05) is 42.5 Å². The normalized spacial score (nSPS) is 10.4. The van der Waals surface area contributed by atoms with E-state index in [1.54, 1.807) is 12.4 Å². The molecule has 0 aliphatic heterocycles. The molecule has 0 atom stereocenters. The molecule has 98 valence electrons. The molecule has 0 saturated heterocycles. The second kappa shape index (κ2) is 5.22. The third kappa shape index (κ3) is 2.31. The molecule has 4 nitrogen and oxygen atoms in total. The number of aromatic nitrogens is 2. The van der Waals surface area contributed by atoms with Crippen molar-refractivity contribution >= 4 is 39.6 Å². The number of fused-ring (bicyclic) bond motifs is 1. The van der Waals surface area contributed by atoms with Crippen LogP contribution < -0.4 is 11.1 Å². The van der Waals surface area contributed by atoms with Crippen LogP contribution in [0.3, 0.4) is 0 Å². The minimum absolute atomic E-state index is 0.318. The van der Waals surface area contributed by atoms with Gasteiger partial charge in [-0.05, 0) is 36.4 Å². The minimum atomic E-state index is 0.318. The Labute approximate surface area is 121 Å². The molecule has 3 N–H and O–H groups in total. The lowest BCUT2D eigenvalue weighted by Gasteiger charge is -2.11. The third-order valence-corrected chi connectivity index (χ3v) is 3.19. The van der Waals surface area contributed by atoms with Crippen molar-refractivity contribution < 1.29 is 0 Å². The highest BCUT2D eigenvalue weighted by atomic mass is 32.1. The number of pyridine rings is 2. The van der Waals surface area contributed by atoms with Crippen LogP contribution in [0.15, 0.2) is 54.9 Å². The lowest BCUT2D eigenvalue weighted by molar-refractivity contribution is 1.30. The van der Waals surface area contributed by atoms with Crippen LogP contribution in [0.4, 0.5) is 11.5 Å². The second-order valence-corrected chi connectivity index (χ2v) is 4.70. The molecule has 1 aromatic carbocycles. The summed E-state index contributed by atoms with van der Waals surface area (Å²) in [5.41, 5.74) is 8.29. The van der Waals surface area contributed by atoms with Crippen LogP contribution in [0.1, 0.15) is 5.56 Å². The summed E-state index contributed by atoms with van der Waals surface area (Å²) < 4.78 is 0. The van der Waals surface area contributed by atoms with Gasteiger partial charge in [-0.2, -0.15) is 0 Å². The van der Waals surface area contributed by atoms with Crippen LogP contribution in [0, 0.1) is 0 Å². The van der Waals surface area contributed by atoms with E-state index in [9.17, 15) is 0 Å². The molecule has 3 aromatic rings. The van der Waals surface area contributed by atoms with Gasteiger partial charge in [-0.1, -0.05) is 18.3 Å². The van der Waals surface area contributed by atoms with Crippen molar-refractivity contribution in [2.75, 3.05) is 5.32 Å². The summed E-state index contributed by atoms with van der Waals surface area (Å²) in [5.74, 6) is 0.649. The number of nitrogens with zero attached hydrogens (tertiary/aromatic N) is 2. The molecule has 0 saturated carbocycles. The molecule has 0 aliphatic rings. The Kier molecular flexibility index (Phi) is 3.26. The summed E-state index contributed by atoms with van der Waals surface area (Å²) in [4.78, 5) is 8.95. The Morgan fingerprint density at radius 3 is 2.65 bits per heavy atom. The average molecular weight is 280 g/mol. The Bertz CT molecular complexity index is 780. The molecular weight excluding hydrogens is 268 g/mol. The molecule has 0 fully saturated rings. The average Bonchev–Trinajstić information content (AvgIpc) is 2.48. The molecule has 20 heavy (non-hydrogen) atoms. The zero-order valence-corrected chi connectivity index (χ0v) is 11.4. The zero-order valence-electron chi connectivity index (χ0n) is 10.6. The number of thiocarbonyl (C=S) groups is 1. The fourth-order valence-electron chi connectivity index (χ4n) is 2.04. The van der Waals surface area contributed by atoms with Gasteiger partial charge in [0.2, 0.25) is 0 Å². The highest BCUT2D eigenvalue weighted by molar-refractivity contribution is 7.80. The number of rotatable bonds is 3. The van der Waals surface area contributed by atoms with Gasteiger partial charge in [0, 0.05) is 23.5 Å². The van der Waals surface area contributed by atoms with Gasteiger partial charge in [0.15, 0.2) is 0 Å². The van der Waals surface area contributed by atoms with Crippen LogP contribution in [-0.4, -0.2) is 15.0 Å². The number of hydrogen-bond donors (Lipinski definition) is 2. The maximum atomic E-state index is 5.72. The monoisotopic (exact) mass is 280 g/mol.